The van der Waals surface area contributed by atoms with Gasteiger partial charge >= 0.3 is 5.97 Å². The predicted octanol–water partition coefficient (Wildman–Crippen LogP) is 1.12. The molecule has 5 nitrogen and oxygen atoms in total. The van der Waals surface area contributed by atoms with Crippen LogP contribution in [-0.2, 0) is 14.3 Å². The Kier molecular flexibility index (Phi) is 5.41. The molecule has 0 spiro atoms. The number of hydrogen-bond acceptors (Lipinski definition) is 3. The van der Waals surface area contributed by atoms with Crippen molar-refractivity contribution in [1.29, 1.82) is 0 Å². The van der Waals surface area contributed by atoms with Crippen molar-refractivity contribution in [2.24, 2.45) is 5.92 Å². The molecule has 2 unspecified atom stereocenters. The summed E-state index contributed by atoms with van der Waals surface area (Å²) in [6.07, 6.45) is 2.09. The molecule has 0 aromatic heterocycles. The highest BCUT2D eigenvalue weighted by Crippen LogP contribution is 2.14. The Hall–Kier alpha value is -1.10. The summed E-state index contributed by atoms with van der Waals surface area (Å²) >= 11 is 0. The molecule has 1 saturated heterocycles. The summed E-state index contributed by atoms with van der Waals surface area (Å²) in [7, 11) is 0. The number of carbonyl (C=O) groups excluding carboxylic acids is 1. The van der Waals surface area contributed by atoms with Crippen LogP contribution in [0.25, 0.3) is 0 Å². The molecule has 17 heavy (non-hydrogen) atoms. The Morgan fingerprint density at radius 1 is 1.53 bits per heavy atom. The number of carbonyl (C=O) groups is 2. The van der Waals surface area contributed by atoms with E-state index in [0.29, 0.717) is 13.2 Å². The van der Waals surface area contributed by atoms with Gasteiger partial charge in [0, 0.05) is 12.5 Å². The van der Waals surface area contributed by atoms with E-state index in [-0.39, 0.29) is 18.4 Å². The number of unbranched alkanes of at least 4 members (excludes halogenated alkanes) is 1. The average Bonchev–Trinajstić information content (AvgIpc) is 2.35. The third-order valence-corrected chi connectivity index (χ3v) is 3.07. The quantitative estimate of drug-likeness (QED) is 0.786. The van der Waals surface area contributed by atoms with E-state index in [1.54, 1.807) is 4.90 Å². The first-order chi connectivity index (χ1) is 8.06. The fourth-order valence-electron chi connectivity index (χ4n) is 1.94. The Labute approximate surface area is 102 Å². The van der Waals surface area contributed by atoms with Gasteiger partial charge in [-0.3, -0.25) is 4.79 Å². The summed E-state index contributed by atoms with van der Waals surface area (Å²) in [6.45, 7) is 4.97. The number of carboxylic acids is 1. The smallest absolute Gasteiger partial charge is 0.334 e. The number of nitrogens with zero attached hydrogens (tertiary/aromatic N) is 1. The number of rotatable bonds is 5. The van der Waals surface area contributed by atoms with Crippen LogP contribution in [0.4, 0.5) is 0 Å². The van der Waals surface area contributed by atoms with Crippen LogP contribution in [-0.4, -0.2) is 47.7 Å². The molecule has 1 fully saturated rings. The van der Waals surface area contributed by atoms with Gasteiger partial charge in [-0.2, -0.15) is 0 Å². The highest BCUT2D eigenvalue weighted by Gasteiger charge is 2.30. The number of amides is 1. The standard InChI is InChI=1S/C12H21NO4/c1-3-4-5-9(2)11(14)13-6-7-17-10(8-13)12(15)16/h9-10H,3-8H2,1-2H3,(H,15,16). The van der Waals surface area contributed by atoms with Crippen molar-refractivity contribution >= 4 is 11.9 Å². The molecular formula is C12H21NO4. The van der Waals surface area contributed by atoms with Crippen molar-refractivity contribution < 1.29 is 19.4 Å². The van der Waals surface area contributed by atoms with Crippen LogP contribution in [0.3, 0.4) is 0 Å². The van der Waals surface area contributed by atoms with Gasteiger partial charge in [-0.15, -0.1) is 0 Å². The summed E-state index contributed by atoms with van der Waals surface area (Å²) in [5.74, 6) is -0.973. The maximum absolute atomic E-state index is 12.0. The van der Waals surface area contributed by atoms with Gasteiger partial charge in [0.2, 0.25) is 5.91 Å². The lowest BCUT2D eigenvalue weighted by atomic mass is 10.0. The molecule has 0 saturated carbocycles. The number of aliphatic carboxylic acids is 1. The third-order valence-electron chi connectivity index (χ3n) is 3.07. The Morgan fingerprint density at radius 3 is 2.82 bits per heavy atom. The zero-order chi connectivity index (χ0) is 12.8. The lowest BCUT2D eigenvalue weighted by Gasteiger charge is -2.32. The largest absolute Gasteiger partial charge is 0.479 e. The van der Waals surface area contributed by atoms with E-state index in [4.69, 9.17) is 9.84 Å². The van der Waals surface area contributed by atoms with Crippen LogP contribution in [0.2, 0.25) is 0 Å². The normalized spacial score (nSPS) is 22.2. The van der Waals surface area contributed by atoms with Crippen LogP contribution in [0.5, 0.6) is 0 Å². The topological polar surface area (TPSA) is 66.8 Å². The second-order valence-electron chi connectivity index (χ2n) is 4.53. The van der Waals surface area contributed by atoms with Crippen LogP contribution in [0.1, 0.15) is 33.1 Å². The van der Waals surface area contributed by atoms with Crippen molar-refractivity contribution in [3.8, 4) is 0 Å². The van der Waals surface area contributed by atoms with E-state index >= 15 is 0 Å². The van der Waals surface area contributed by atoms with Crippen LogP contribution in [0.15, 0.2) is 0 Å². The van der Waals surface area contributed by atoms with Crippen LogP contribution < -0.4 is 0 Å². The van der Waals surface area contributed by atoms with Crippen molar-refractivity contribution in [2.75, 3.05) is 19.7 Å². The fraction of sp³-hybridized carbons (Fsp3) is 0.833. The van der Waals surface area contributed by atoms with Crippen molar-refractivity contribution in [1.82, 2.24) is 4.90 Å². The van der Waals surface area contributed by atoms with Gasteiger partial charge in [-0.05, 0) is 6.42 Å². The molecule has 1 aliphatic heterocycles. The molecule has 1 aliphatic rings. The summed E-state index contributed by atoms with van der Waals surface area (Å²) in [5.41, 5.74) is 0. The van der Waals surface area contributed by atoms with Gasteiger partial charge < -0.3 is 14.7 Å². The van der Waals surface area contributed by atoms with E-state index in [9.17, 15) is 9.59 Å². The van der Waals surface area contributed by atoms with Gasteiger partial charge in [0.1, 0.15) is 0 Å². The number of ether oxygens (including phenoxy) is 1. The minimum atomic E-state index is -0.997. The van der Waals surface area contributed by atoms with Crippen molar-refractivity contribution in [3.63, 3.8) is 0 Å². The Bertz CT molecular complexity index is 280. The first-order valence-electron chi connectivity index (χ1n) is 6.19. The summed E-state index contributed by atoms with van der Waals surface area (Å²) in [5, 5.41) is 8.85. The van der Waals surface area contributed by atoms with Gasteiger partial charge in [-0.25, -0.2) is 4.79 Å². The minimum Gasteiger partial charge on any atom is -0.479 e. The first-order valence-corrected chi connectivity index (χ1v) is 6.19. The summed E-state index contributed by atoms with van der Waals surface area (Å²) in [4.78, 5) is 24.5. The number of hydrogen-bond donors (Lipinski definition) is 1. The van der Waals surface area contributed by atoms with E-state index in [1.165, 1.54) is 0 Å². The first kappa shape index (κ1) is 14.0. The molecule has 1 amide bonds. The Balaban J connectivity index is 2.48. The highest BCUT2D eigenvalue weighted by molar-refractivity contribution is 5.80. The summed E-state index contributed by atoms with van der Waals surface area (Å²) in [6, 6.07) is 0. The number of carboxylic acid groups (broad SMARTS) is 1. The third kappa shape index (κ3) is 4.00. The highest BCUT2D eigenvalue weighted by atomic mass is 16.5. The predicted molar refractivity (Wildman–Crippen MR) is 62.6 cm³/mol. The molecule has 1 rings (SSSR count). The molecule has 98 valence electrons. The summed E-state index contributed by atoms with van der Waals surface area (Å²) < 4.78 is 5.09. The molecule has 5 heteroatoms. The maximum atomic E-state index is 12.0. The molecule has 1 heterocycles. The van der Waals surface area contributed by atoms with Gasteiger partial charge in [0.25, 0.3) is 0 Å². The zero-order valence-electron chi connectivity index (χ0n) is 10.5. The molecule has 0 radical (unpaired) electrons. The minimum absolute atomic E-state index is 0.0255. The van der Waals surface area contributed by atoms with Gasteiger partial charge in [0.05, 0.1) is 13.2 Å². The lowest BCUT2D eigenvalue weighted by molar-refractivity contribution is -0.160. The lowest BCUT2D eigenvalue weighted by Crippen LogP contribution is -2.50. The van der Waals surface area contributed by atoms with Gasteiger partial charge in [0.15, 0.2) is 6.10 Å². The molecular weight excluding hydrogens is 222 g/mol. The van der Waals surface area contributed by atoms with Crippen molar-refractivity contribution in [2.45, 2.75) is 39.2 Å². The van der Waals surface area contributed by atoms with Gasteiger partial charge in [-0.1, -0.05) is 26.7 Å². The average molecular weight is 243 g/mol. The van der Waals surface area contributed by atoms with Crippen LogP contribution >= 0.6 is 0 Å². The molecule has 0 aromatic carbocycles. The molecule has 0 aliphatic carbocycles. The monoisotopic (exact) mass is 243 g/mol. The maximum Gasteiger partial charge on any atom is 0.334 e. The second-order valence-corrected chi connectivity index (χ2v) is 4.53. The van der Waals surface area contributed by atoms with Crippen molar-refractivity contribution in [3.05, 3.63) is 0 Å². The molecule has 0 bridgehead atoms. The zero-order valence-corrected chi connectivity index (χ0v) is 10.5. The second kappa shape index (κ2) is 6.59. The SMILES string of the molecule is CCCCC(C)C(=O)N1CCOC(C(=O)O)C1. The van der Waals surface area contributed by atoms with E-state index in [0.717, 1.165) is 19.3 Å². The fourth-order valence-corrected chi connectivity index (χ4v) is 1.94. The molecule has 1 N–H and O–H groups in total. The van der Waals surface area contributed by atoms with E-state index in [1.807, 2.05) is 6.92 Å². The molecule has 0 aromatic rings. The van der Waals surface area contributed by atoms with E-state index < -0.39 is 12.1 Å². The van der Waals surface area contributed by atoms with Crippen LogP contribution in [0, 0.1) is 5.92 Å². The number of morpholine rings is 1. The molecule has 2 atom stereocenters. The van der Waals surface area contributed by atoms with E-state index in [2.05, 4.69) is 6.92 Å². The Morgan fingerprint density at radius 2 is 2.24 bits per heavy atom.